The summed E-state index contributed by atoms with van der Waals surface area (Å²) in [6.45, 7) is 2.74. The first-order valence-electron chi connectivity index (χ1n) is 6.56. The molecule has 0 fully saturated rings. The van der Waals surface area contributed by atoms with Gasteiger partial charge in [0.1, 0.15) is 0 Å². The van der Waals surface area contributed by atoms with Gasteiger partial charge in [-0.1, -0.05) is 39.3 Å². The fraction of sp³-hybridized carbons (Fsp3) is 0.188. The maximum absolute atomic E-state index is 8.76. The van der Waals surface area contributed by atoms with Gasteiger partial charge in [0.05, 0.1) is 0 Å². The summed E-state index contributed by atoms with van der Waals surface area (Å²) >= 11 is 3.57. The van der Waals surface area contributed by atoms with Crippen molar-refractivity contribution in [3.8, 4) is 0 Å². The van der Waals surface area contributed by atoms with Crippen molar-refractivity contribution in [2.24, 2.45) is 10.9 Å². The molecule has 0 atom stereocenters. The predicted octanol–water partition coefficient (Wildman–Crippen LogP) is 3.49. The Morgan fingerprint density at radius 3 is 2.62 bits per heavy atom. The van der Waals surface area contributed by atoms with E-state index in [2.05, 4.69) is 32.1 Å². The molecule has 0 radical (unpaired) electrons. The second kappa shape index (κ2) is 6.63. The number of benzene rings is 2. The van der Waals surface area contributed by atoms with Crippen LogP contribution in [0.25, 0.3) is 0 Å². The van der Waals surface area contributed by atoms with Gasteiger partial charge in [0.25, 0.3) is 0 Å². The van der Waals surface area contributed by atoms with Gasteiger partial charge in [0.2, 0.25) is 0 Å². The lowest BCUT2D eigenvalue weighted by atomic mass is 10.1. The average molecular weight is 348 g/mol. The van der Waals surface area contributed by atoms with Gasteiger partial charge in [-0.15, -0.1) is 0 Å². The molecule has 0 heterocycles. The monoisotopic (exact) mass is 347 g/mol. The Hall–Kier alpha value is -2.01. The van der Waals surface area contributed by atoms with Crippen molar-refractivity contribution in [1.82, 2.24) is 0 Å². The molecule has 0 spiro atoms. The van der Waals surface area contributed by atoms with Crippen molar-refractivity contribution in [2.75, 3.05) is 11.9 Å². The van der Waals surface area contributed by atoms with Crippen LogP contribution in [0, 0.1) is 6.92 Å². The van der Waals surface area contributed by atoms with E-state index in [1.54, 1.807) is 0 Å². The van der Waals surface area contributed by atoms with Gasteiger partial charge < -0.3 is 15.8 Å². The maximum Gasteiger partial charge on any atom is 0.170 e. The number of halogens is 1. The van der Waals surface area contributed by atoms with Gasteiger partial charge in [0.15, 0.2) is 5.84 Å². The van der Waals surface area contributed by atoms with Crippen LogP contribution >= 0.6 is 15.9 Å². The average Bonchev–Trinajstić information content (AvgIpc) is 2.48. The zero-order valence-electron chi connectivity index (χ0n) is 12.0. The highest BCUT2D eigenvalue weighted by molar-refractivity contribution is 9.10. The second-order valence-corrected chi connectivity index (χ2v) is 5.79. The number of anilines is 1. The molecule has 3 N–H and O–H groups in total. The molecule has 0 saturated carbocycles. The van der Waals surface area contributed by atoms with Crippen LogP contribution < -0.4 is 10.6 Å². The molecule has 0 unspecified atom stereocenters. The minimum atomic E-state index is 0.132. The van der Waals surface area contributed by atoms with Crippen LogP contribution in [0.3, 0.4) is 0 Å². The zero-order chi connectivity index (χ0) is 15.4. The number of hydrogen-bond donors (Lipinski definition) is 2. The highest BCUT2D eigenvalue weighted by atomic mass is 79.9. The van der Waals surface area contributed by atoms with E-state index in [0.717, 1.165) is 27.8 Å². The Balaban J connectivity index is 2.22. The van der Waals surface area contributed by atoms with Crippen molar-refractivity contribution in [3.05, 3.63) is 63.6 Å². The molecule has 4 nitrogen and oxygen atoms in total. The van der Waals surface area contributed by atoms with Crippen LogP contribution in [0.15, 0.2) is 52.1 Å². The highest BCUT2D eigenvalue weighted by Gasteiger charge is 2.09. The summed E-state index contributed by atoms with van der Waals surface area (Å²) in [6, 6.07) is 14.0. The summed E-state index contributed by atoms with van der Waals surface area (Å²) in [4.78, 5) is 2.16. The summed E-state index contributed by atoms with van der Waals surface area (Å²) in [7, 11) is 2.04. The van der Waals surface area contributed by atoms with Crippen LogP contribution in [0.1, 0.15) is 16.7 Å². The van der Waals surface area contributed by atoms with Crippen LogP contribution in [-0.4, -0.2) is 18.1 Å². The van der Waals surface area contributed by atoms with Crippen molar-refractivity contribution in [3.63, 3.8) is 0 Å². The molecule has 2 aromatic carbocycles. The second-order valence-electron chi connectivity index (χ2n) is 4.93. The number of amidine groups is 1. The van der Waals surface area contributed by atoms with E-state index in [1.807, 2.05) is 50.4 Å². The third-order valence-electron chi connectivity index (χ3n) is 3.40. The number of hydrogen-bond acceptors (Lipinski definition) is 3. The Morgan fingerprint density at radius 1 is 1.29 bits per heavy atom. The summed E-state index contributed by atoms with van der Waals surface area (Å²) in [6.07, 6.45) is 0. The molecule has 0 saturated heterocycles. The first-order valence-corrected chi connectivity index (χ1v) is 7.35. The van der Waals surface area contributed by atoms with Crippen molar-refractivity contribution >= 4 is 27.5 Å². The van der Waals surface area contributed by atoms with Crippen molar-refractivity contribution < 1.29 is 5.21 Å². The van der Waals surface area contributed by atoms with E-state index in [4.69, 9.17) is 10.9 Å². The topological polar surface area (TPSA) is 61.8 Å². The minimum Gasteiger partial charge on any atom is -0.409 e. The van der Waals surface area contributed by atoms with Gasteiger partial charge in [-0.05, 0) is 42.3 Å². The molecule has 0 aromatic heterocycles. The van der Waals surface area contributed by atoms with E-state index in [1.165, 1.54) is 5.56 Å². The molecule has 2 aromatic rings. The normalized spacial score (nSPS) is 11.5. The van der Waals surface area contributed by atoms with Crippen LogP contribution in [0.5, 0.6) is 0 Å². The Kier molecular flexibility index (Phi) is 4.85. The molecule has 0 amide bonds. The van der Waals surface area contributed by atoms with E-state index in [9.17, 15) is 0 Å². The van der Waals surface area contributed by atoms with Crippen LogP contribution in [-0.2, 0) is 6.54 Å². The molecule has 0 aliphatic heterocycles. The molecule has 5 heteroatoms. The van der Waals surface area contributed by atoms with Gasteiger partial charge in [-0.3, -0.25) is 0 Å². The van der Waals surface area contributed by atoms with Gasteiger partial charge in [0, 0.05) is 29.3 Å². The fourth-order valence-corrected chi connectivity index (χ4v) is 2.61. The Bertz CT molecular complexity index is 670. The molecule has 0 aliphatic carbocycles. The SMILES string of the molecule is Cc1cc(N(C)Cc2ccccc2Br)ccc1/C(N)=N/O. The molecular formula is C16H18BrN3O. The fourth-order valence-electron chi connectivity index (χ4n) is 2.20. The summed E-state index contributed by atoms with van der Waals surface area (Å²) < 4.78 is 1.10. The van der Waals surface area contributed by atoms with E-state index in [-0.39, 0.29) is 5.84 Å². The zero-order valence-corrected chi connectivity index (χ0v) is 13.6. The molecule has 21 heavy (non-hydrogen) atoms. The van der Waals surface area contributed by atoms with Crippen molar-refractivity contribution in [2.45, 2.75) is 13.5 Å². The van der Waals surface area contributed by atoms with Crippen LogP contribution in [0.2, 0.25) is 0 Å². The highest BCUT2D eigenvalue weighted by Crippen LogP contribution is 2.23. The molecule has 110 valence electrons. The Labute approximate surface area is 133 Å². The number of nitrogens with zero attached hydrogens (tertiary/aromatic N) is 2. The first kappa shape index (κ1) is 15.4. The lowest BCUT2D eigenvalue weighted by molar-refractivity contribution is 0.318. The number of oxime groups is 1. The molecular weight excluding hydrogens is 330 g/mol. The predicted molar refractivity (Wildman–Crippen MR) is 89.9 cm³/mol. The minimum absolute atomic E-state index is 0.132. The maximum atomic E-state index is 8.76. The first-order chi connectivity index (χ1) is 10.0. The van der Waals surface area contributed by atoms with E-state index < -0.39 is 0 Å². The molecule has 2 rings (SSSR count). The van der Waals surface area contributed by atoms with E-state index in [0.29, 0.717) is 0 Å². The lowest BCUT2D eigenvalue weighted by Crippen LogP contribution is -2.18. The Morgan fingerprint density at radius 2 is 2.00 bits per heavy atom. The van der Waals surface area contributed by atoms with Gasteiger partial charge in [-0.25, -0.2) is 0 Å². The summed E-state index contributed by atoms with van der Waals surface area (Å²) in [5.74, 6) is 0.132. The quantitative estimate of drug-likeness (QED) is 0.385. The molecule has 0 bridgehead atoms. The molecule has 0 aliphatic rings. The van der Waals surface area contributed by atoms with Crippen molar-refractivity contribution in [1.29, 1.82) is 0 Å². The lowest BCUT2D eigenvalue weighted by Gasteiger charge is -2.21. The van der Waals surface area contributed by atoms with E-state index >= 15 is 0 Å². The smallest absolute Gasteiger partial charge is 0.170 e. The summed E-state index contributed by atoms with van der Waals surface area (Å²) in [5.41, 5.74) is 9.67. The largest absolute Gasteiger partial charge is 0.409 e. The standard InChI is InChI=1S/C16H18BrN3O/c1-11-9-13(7-8-14(11)16(18)19-21)20(2)10-12-5-3-4-6-15(12)17/h3-9,21H,10H2,1-2H3,(H2,18,19). The van der Waals surface area contributed by atoms with Gasteiger partial charge >= 0.3 is 0 Å². The third kappa shape index (κ3) is 3.55. The van der Waals surface area contributed by atoms with Gasteiger partial charge in [-0.2, -0.15) is 0 Å². The number of rotatable bonds is 4. The third-order valence-corrected chi connectivity index (χ3v) is 4.17. The summed E-state index contributed by atoms with van der Waals surface area (Å²) in [5, 5.41) is 11.8. The number of aryl methyl sites for hydroxylation is 1. The van der Waals surface area contributed by atoms with Crippen LogP contribution in [0.4, 0.5) is 5.69 Å². The number of nitrogens with two attached hydrogens (primary N) is 1.